The Labute approximate surface area is 164 Å². The highest BCUT2D eigenvalue weighted by molar-refractivity contribution is 7.98. The van der Waals surface area contributed by atoms with Crippen LogP contribution < -0.4 is 5.32 Å². The molecule has 0 aliphatic carbocycles. The second-order valence-electron chi connectivity index (χ2n) is 6.44. The van der Waals surface area contributed by atoms with Crippen molar-refractivity contribution >= 4 is 27.7 Å². The number of hydrogen-bond donors (Lipinski definition) is 1. The van der Waals surface area contributed by atoms with Crippen molar-refractivity contribution in [3.05, 3.63) is 54.5 Å². The highest BCUT2D eigenvalue weighted by atomic mass is 32.2. The van der Waals surface area contributed by atoms with Crippen molar-refractivity contribution in [3.63, 3.8) is 0 Å². The van der Waals surface area contributed by atoms with Gasteiger partial charge in [0.25, 0.3) is 0 Å². The van der Waals surface area contributed by atoms with E-state index >= 15 is 0 Å². The predicted octanol–water partition coefficient (Wildman–Crippen LogP) is 2.73. The zero-order valence-electron chi connectivity index (χ0n) is 15.0. The van der Waals surface area contributed by atoms with Gasteiger partial charge in [-0.2, -0.15) is 16.1 Å². The van der Waals surface area contributed by atoms with Crippen LogP contribution in [-0.2, 0) is 20.6 Å². The molecule has 2 aromatic rings. The summed E-state index contributed by atoms with van der Waals surface area (Å²) in [7, 11) is -3.54. The number of thioether (sulfide) groups is 1. The first-order chi connectivity index (χ1) is 13.1. The van der Waals surface area contributed by atoms with Crippen LogP contribution in [0, 0.1) is 5.92 Å². The summed E-state index contributed by atoms with van der Waals surface area (Å²) < 4.78 is 32.2. The van der Waals surface area contributed by atoms with Crippen LogP contribution in [0.3, 0.4) is 0 Å². The molecule has 8 heteroatoms. The van der Waals surface area contributed by atoms with Crippen molar-refractivity contribution in [3.8, 4) is 0 Å². The first-order valence-corrected chi connectivity index (χ1v) is 11.6. The molecule has 1 aromatic carbocycles. The van der Waals surface area contributed by atoms with Crippen LogP contribution in [-0.4, -0.2) is 44.0 Å². The number of sulfonamides is 1. The van der Waals surface area contributed by atoms with Crippen LogP contribution >= 0.6 is 11.8 Å². The van der Waals surface area contributed by atoms with Crippen molar-refractivity contribution in [2.45, 2.75) is 23.5 Å². The number of amides is 1. The van der Waals surface area contributed by atoms with E-state index in [1.807, 2.05) is 12.1 Å². The Morgan fingerprint density at radius 2 is 2.04 bits per heavy atom. The van der Waals surface area contributed by atoms with E-state index in [1.54, 1.807) is 48.4 Å². The van der Waals surface area contributed by atoms with Crippen LogP contribution in [0.25, 0.3) is 0 Å². The molecule has 1 aromatic heterocycles. The Hall–Kier alpha value is -1.77. The Morgan fingerprint density at radius 3 is 2.78 bits per heavy atom. The first kappa shape index (κ1) is 20.0. The van der Waals surface area contributed by atoms with Crippen molar-refractivity contribution in [1.82, 2.24) is 9.62 Å². The number of hydrogen-bond acceptors (Lipinski definition) is 5. The van der Waals surface area contributed by atoms with Crippen molar-refractivity contribution < 1.29 is 17.6 Å². The second kappa shape index (κ2) is 9.43. The molecule has 1 unspecified atom stereocenters. The van der Waals surface area contributed by atoms with Gasteiger partial charge in [-0.05, 0) is 37.1 Å². The molecule has 0 bridgehead atoms. The molecule has 1 aliphatic rings. The number of carbonyl (C=O) groups is 1. The smallest absolute Gasteiger partial charge is 0.243 e. The zero-order chi connectivity index (χ0) is 19.1. The largest absolute Gasteiger partial charge is 0.468 e. The van der Waals surface area contributed by atoms with Crippen LogP contribution in [0.2, 0.25) is 0 Å². The maximum Gasteiger partial charge on any atom is 0.243 e. The summed E-state index contributed by atoms with van der Waals surface area (Å²) in [6.07, 6.45) is 3.06. The highest BCUT2D eigenvalue weighted by Gasteiger charge is 2.33. The van der Waals surface area contributed by atoms with Crippen molar-refractivity contribution in [1.29, 1.82) is 0 Å². The maximum absolute atomic E-state index is 12.7. The lowest BCUT2D eigenvalue weighted by Gasteiger charge is -2.31. The van der Waals surface area contributed by atoms with E-state index in [1.165, 1.54) is 4.31 Å². The molecule has 1 atom stereocenters. The molecular formula is C19H24N2O4S2. The molecule has 0 saturated carbocycles. The number of nitrogens with zero attached hydrogens (tertiary/aromatic N) is 1. The molecule has 6 nitrogen and oxygen atoms in total. The average molecular weight is 409 g/mol. The predicted molar refractivity (Wildman–Crippen MR) is 106 cm³/mol. The molecule has 0 radical (unpaired) electrons. The summed E-state index contributed by atoms with van der Waals surface area (Å²) in [6.45, 7) is 1.26. The number of nitrogens with one attached hydrogen (secondary N) is 1. The lowest BCUT2D eigenvalue weighted by Crippen LogP contribution is -2.45. The molecule has 1 aliphatic heterocycles. The van der Waals surface area contributed by atoms with Gasteiger partial charge in [-0.15, -0.1) is 0 Å². The van der Waals surface area contributed by atoms with E-state index in [0.717, 1.165) is 17.3 Å². The van der Waals surface area contributed by atoms with E-state index in [4.69, 9.17) is 4.42 Å². The Kier molecular flexibility index (Phi) is 6.98. The Morgan fingerprint density at radius 1 is 1.22 bits per heavy atom. The van der Waals surface area contributed by atoms with Gasteiger partial charge in [-0.3, -0.25) is 4.79 Å². The minimum Gasteiger partial charge on any atom is -0.468 e. The molecule has 27 heavy (non-hydrogen) atoms. The lowest BCUT2D eigenvalue weighted by atomic mass is 9.99. The normalized spacial score (nSPS) is 18.3. The molecule has 2 heterocycles. The molecule has 1 saturated heterocycles. The quantitative estimate of drug-likeness (QED) is 0.680. The Bertz CT molecular complexity index is 823. The third-order valence-electron chi connectivity index (χ3n) is 4.51. The van der Waals surface area contributed by atoms with Gasteiger partial charge in [-0.1, -0.05) is 18.2 Å². The van der Waals surface area contributed by atoms with Gasteiger partial charge in [0, 0.05) is 25.4 Å². The lowest BCUT2D eigenvalue weighted by molar-refractivity contribution is -0.125. The fourth-order valence-electron chi connectivity index (χ4n) is 3.07. The minimum atomic E-state index is -3.54. The van der Waals surface area contributed by atoms with Gasteiger partial charge in [-0.25, -0.2) is 8.42 Å². The molecular weight excluding hydrogens is 384 g/mol. The van der Waals surface area contributed by atoms with E-state index in [0.29, 0.717) is 25.9 Å². The first-order valence-electron chi connectivity index (χ1n) is 9.00. The summed E-state index contributed by atoms with van der Waals surface area (Å²) in [5.74, 6) is 2.11. The summed E-state index contributed by atoms with van der Waals surface area (Å²) >= 11 is 1.69. The van der Waals surface area contributed by atoms with E-state index in [2.05, 4.69) is 5.32 Å². The van der Waals surface area contributed by atoms with Gasteiger partial charge in [0.1, 0.15) is 5.76 Å². The van der Waals surface area contributed by atoms with E-state index in [9.17, 15) is 13.2 Å². The van der Waals surface area contributed by atoms with Crippen LogP contribution in [0.5, 0.6) is 0 Å². The van der Waals surface area contributed by atoms with Crippen LogP contribution in [0.15, 0.2) is 58.0 Å². The SMILES string of the molecule is O=C(NCCSCc1ccco1)C1CCCN(S(=O)(=O)c2ccccc2)C1. The summed E-state index contributed by atoms with van der Waals surface area (Å²) in [4.78, 5) is 12.7. The summed E-state index contributed by atoms with van der Waals surface area (Å²) in [6, 6.07) is 12.2. The highest BCUT2D eigenvalue weighted by Crippen LogP contribution is 2.23. The molecule has 0 spiro atoms. The number of piperidine rings is 1. The summed E-state index contributed by atoms with van der Waals surface area (Å²) in [5.41, 5.74) is 0. The van der Waals surface area contributed by atoms with Gasteiger partial charge in [0.15, 0.2) is 0 Å². The zero-order valence-corrected chi connectivity index (χ0v) is 16.7. The topological polar surface area (TPSA) is 79.6 Å². The fourth-order valence-corrected chi connectivity index (χ4v) is 5.38. The van der Waals surface area contributed by atoms with Crippen LogP contribution in [0.1, 0.15) is 18.6 Å². The Balaban J connectivity index is 1.46. The third-order valence-corrected chi connectivity index (χ3v) is 7.37. The number of rotatable bonds is 8. The maximum atomic E-state index is 12.7. The molecule has 3 rings (SSSR count). The second-order valence-corrected chi connectivity index (χ2v) is 9.48. The van der Waals surface area contributed by atoms with Gasteiger partial charge in [0.05, 0.1) is 22.8 Å². The standard InChI is InChI=1S/C19H24N2O4S2/c22-19(20-10-13-26-15-17-7-5-12-25-17)16-6-4-11-21(14-16)27(23,24)18-8-2-1-3-9-18/h1-3,5,7-9,12,16H,4,6,10-11,13-15H2,(H,20,22). The van der Waals surface area contributed by atoms with E-state index < -0.39 is 10.0 Å². The van der Waals surface area contributed by atoms with Gasteiger partial charge in [0.2, 0.25) is 15.9 Å². The molecule has 146 valence electrons. The average Bonchev–Trinajstić information content (AvgIpc) is 3.22. The number of furan rings is 1. The minimum absolute atomic E-state index is 0.0680. The van der Waals surface area contributed by atoms with Crippen molar-refractivity contribution in [2.75, 3.05) is 25.4 Å². The third kappa shape index (κ3) is 5.37. The fraction of sp³-hybridized carbons (Fsp3) is 0.421. The van der Waals surface area contributed by atoms with Crippen molar-refractivity contribution in [2.24, 2.45) is 5.92 Å². The van der Waals surface area contributed by atoms with E-state index in [-0.39, 0.29) is 23.3 Å². The number of benzene rings is 1. The molecule has 1 amide bonds. The molecule has 1 N–H and O–H groups in total. The number of carbonyl (C=O) groups excluding carboxylic acids is 1. The summed E-state index contributed by atoms with van der Waals surface area (Å²) in [5, 5.41) is 2.93. The van der Waals surface area contributed by atoms with Gasteiger partial charge < -0.3 is 9.73 Å². The molecule has 1 fully saturated rings. The monoisotopic (exact) mass is 408 g/mol. The van der Waals surface area contributed by atoms with Crippen LogP contribution in [0.4, 0.5) is 0 Å². The van der Waals surface area contributed by atoms with Gasteiger partial charge >= 0.3 is 0 Å².